The summed E-state index contributed by atoms with van der Waals surface area (Å²) in [7, 11) is 0. The van der Waals surface area contributed by atoms with Crippen LogP contribution in [-0.4, -0.2) is 8.80 Å². The lowest BCUT2D eigenvalue weighted by atomic mass is 9.78. The van der Waals surface area contributed by atoms with Gasteiger partial charge in [0.25, 0.3) is 0 Å². The minimum Gasteiger partial charge on any atom is -0.307 e. The van der Waals surface area contributed by atoms with E-state index in [2.05, 4.69) is 165 Å². The van der Waals surface area contributed by atoms with Crippen LogP contribution in [0.5, 0.6) is 0 Å². The van der Waals surface area contributed by atoms with Crippen molar-refractivity contribution in [3.05, 3.63) is 143 Å². The maximum atomic E-state index is 15.8. The highest BCUT2D eigenvalue weighted by atomic mass is 19.1. The summed E-state index contributed by atoms with van der Waals surface area (Å²) in [6, 6.07) is 38.0. The first-order valence-corrected chi connectivity index (χ1v) is 22.1. The highest BCUT2D eigenvalue weighted by Gasteiger charge is 2.32. The van der Waals surface area contributed by atoms with Crippen molar-refractivity contribution in [2.24, 2.45) is 0 Å². The smallest absolute Gasteiger partial charge is 0.123 e. The molecule has 0 spiro atoms. The fourth-order valence-electron chi connectivity index (χ4n) is 10.5. The zero-order valence-electron chi connectivity index (χ0n) is 38.0. The molecule has 0 aliphatic heterocycles. The average molecular weight is 817 g/mol. The molecule has 0 unspecified atom stereocenters. The molecule has 0 radical (unpaired) electrons. The summed E-state index contributed by atoms with van der Waals surface area (Å²) in [5.74, 6) is -0.536. The third-order valence-electron chi connectivity index (χ3n) is 13.8. The number of benzene rings is 7. The third-order valence-corrected chi connectivity index (χ3v) is 13.8. The molecule has 11 aromatic rings. The molecule has 0 saturated carbocycles. The molecule has 0 atom stereocenters. The number of halogens is 2. The summed E-state index contributed by atoms with van der Waals surface area (Å²) in [6.07, 6.45) is 0. The Labute approximate surface area is 362 Å². The predicted octanol–water partition coefficient (Wildman–Crippen LogP) is 16.8. The van der Waals surface area contributed by atoms with E-state index in [0.717, 1.165) is 98.4 Å². The molecule has 2 nitrogen and oxygen atoms in total. The van der Waals surface area contributed by atoms with Crippen LogP contribution in [0.15, 0.2) is 109 Å². The van der Waals surface area contributed by atoms with Crippen molar-refractivity contribution < 1.29 is 8.78 Å². The van der Waals surface area contributed by atoms with Gasteiger partial charge in [-0.2, -0.15) is 0 Å². The molecule has 0 aliphatic carbocycles. The second kappa shape index (κ2) is 12.3. The van der Waals surface area contributed by atoms with Crippen molar-refractivity contribution in [1.82, 2.24) is 8.80 Å². The molecular formula is C58H54F2N2. The Morgan fingerprint density at radius 2 is 0.661 bits per heavy atom. The first kappa shape index (κ1) is 38.9. The predicted molar refractivity (Wildman–Crippen MR) is 261 cm³/mol. The van der Waals surface area contributed by atoms with Crippen LogP contribution in [0.4, 0.5) is 8.78 Å². The zero-order valence-corrected chi connectivity index (χ0v) is 38.0. The lowest BCUT2D eigenvalue weighted by molar-refractivity contribution is 0.568. The molecule has 0 bridgehead atoms. The van der Waals surface area contributed by atoms with Gasteiger partial charge in [0.15, 0.2) is 0 Å². The molecule has 0 fully saturated rings. The van der Waals surface area contributed by atoms with Crippen LogP contribution < -0.4 is 0 Å². The van der Waals surface area contributed by atoms with Crippen molar-refractivity contribution in [3.63, 3.8) is 0 Å². The van der Waals surface area contributed by atoms with Crippen molar-refractivity contribution in [3.8, 4) is 22.3 Å². The topological polar surface area (TPSA) is 8.82 Å². The second-order valence-corrected chi connectivity index (χ2v) is 22.2. The normalized spacial score (nSPS) is 13.6. The molecule has 11 rings (SSSR count). The molecule has 4 heterocycles. The summed E-state index contributed by atoms with van der Waals surface area (Å²) in [5, 5.41) is 8.17. The van der Waals surface area contributed by atoms with Crippen LogP contribution in [0.2, 0.25) is 0 Å². The van der Waals surface area contributed by atoms with Gasteiger partial charge in [0, 0.05) is 54.2 Å². The third kappa shape index (κ3) is 5.37. The molecule has 4 heteroatoms. The van der Waals surface area contributed by atoms with Gasteiger partial charge in [0.05, 0.1) is 33.1 Å². The van der Waals surface area contributed by atoms with E-state index in [1.165, 1.54) is 22.3 Å². The second-order valence-electron chi connectivity index (χ2n) is 22.2. The maximum Gasteiger partial charge on any atom is 0.123 e. The van der Waals surface area contributed by atoms with Crippen LogP contribution in [-0.2, 0) is 21.7 Å². The molecule has 0 saturated heterocycles. The fourth-order valence-corrected chi connectivity index (χ4v) is 10.5. The number of nitrogens with zero attached hydrogens (tertiary/aromatic N) is 2. The Morgan fingerprint density at radius 3 is 0.984 bits per heavy atom. The van der Waals surface area contributed by atoms with E-state index in [1.54, 1.807) is 24.3 Å². The van der Waals surface area contributed by atoms with Gasteiger partial charge in [-0.1, -0.05) is 156 Å². The highest BCUT2D eigenvalue weighted by molar-refractivity contribution is 6.45. The molecule has 310 valence electrons. The van der Waals surface area contributed by atoms with Crippen LogP contribution in [0.3, 0.4) is 0 Å². The Balaban J connectivity index is 1.38. The Kier molecular flexibility index (Phi) is 7.74. The SMILES string of the molecule is CC(C)(C)c1cc(-c2cccc3c4c5c6cc(F)ccc6n6c7c(-c8cc(C(C)(C)C)cc(C(C)(C)C)c8)cccc7c(c7c8cc(F)ccc8n(c23)c74)c56)cc(C(C)(C)C)c1. The standard InChI is InChI=1S/C58H54F2N2/c1-55(2,3)33-23-31(24-34(27-33)56(4,5)6)39-15-13-17-41-47-49-44-30-38(60)20-22-46(44)62-52-40(32-25-35(57(7,8)9)28-36(26-32)58(10,11)12)16-14-18-42(52)48(54(49)62)50-43-29-37(59)19-21-45(43)61(51(39)41)53(47)50/h13-30H,1-12H3. The van der Waals surface area contributed by atoms with Crippen molar-refractivity contribution in [2.45, 2.75) is 105 Å². The van der Waals surface area contributed by atoms with Gasteiger partial charge in [0.2, 0.25) is 0 Å². The Bertz CT molecular complexity index is 3370. The lowest BCUT2D eigenvalue weighted by Crippen LogP contribution is -2.16. The van der Waals surface area contributed by atoms with Crippen molar-refractivity contribution in [2.75, 3.05) is 0 Å². The molecule has 0 amide bonds. The van der Waals surface area contributed by atoms with Gasteiger partial charge in [-0.15, -0.1) is 0 Å². The molecule has 0 aliphatic rings. The fraction of sp³-hybridized carbons (Fsp3) is 0.276. The van der Waals surface area contributed by atoms with Crippen LogP contribution in [0.25, 0.3) is 98.4 Å². The molecular weight excluding hydrogens is 763 g/mol. The number of hydrogen-bond donors (Lipinski definition) is 0. The molecule has 0 N–H and O–H groups in total. The maximum absolute atomic E-state index is 15.8. The van der Waals surface area contributed by atoms with E-state index in [0.29, 0.717) is 0 Å². The largest absolute Gasteiger partial charge is 0.307 e. The van der Waals surface area contributed by atoms with Gasteiger partial charge >= 0.3 is 0 Å². The van der Waals surface area contributed by atoms with Gasteiger partial charge in [-0.25, -0.2) is 8.78 Å². The highest BCUT2D eigenvalue weighted by Crippen LogP contribution is 2.54. The molecule has 4 aromatic heterocycles. The van der Waals surface area contributed by atoms with E-state index < -0.39 is 0 Å². The quantitative estimate of drug-likeness (QED) is 0.164. The first-order valence-electron chi connectivity index (χ1n) is 22.1. The van der Waals surface area contributed by atoms with Gasteiger partial charge in [-0.05, 0) is 91.4 Å². The summed E-state index contributed by atoms with van der Waals surface area (Å²) < 4.78 is 36.4. The van der Waals surface area contributed by atoms with E-state index in [4.69, 9.17) is 0 Å². The number of fused-ring (bicyclic) bond motifs is 14. The van der Waals surface area contributed by atoms with Crippen molar-refractivity contribution in [1.29, 1.82) is 0 Å². The van der Waals surface area contributed by atoms with E-state index >= 15 is 8.78 Å². The van der Waals surface area contributed by atoms with E-state index in [-0.39, 0.29) is 33.3 Å². The number of para-hydroxylation sites is 2. The van der Waals surface area contributed by atoms with E-state index in [9.17, 15) is 0 Å². The minimum atomic E-state index is -0.268. The first-order chi connectivity index (χ1) is 29.1. The summed E-state index contributed by atoms with van der Waals surface area (Å²) in [5.41, 5.74) is 15.6. The number of hydrogen-bond acceptors (Lipinski definition) is 0. The monoisotopic (exact) mass is 816 g/mol. The minimum absolute atomic E-state index is 0.0690. The Morgan fingerprint density at radius 1 is 0.339 bits per heavy atom. The Hall–Kier alpha value is -6.00. The van der Waals surface area contributed by atoms with Crippen LogP contribution in [0.1, 0.15) is 105 Å². The van der Waals surface area contributed by atoms with Crippen molar-refractivity contribution >= 4 is 76.2 Å². The molecule has 7 aromatic carbocycles. The number of aromatic nitrogens is 2. The molecule has 62 heavy (non-hydrogen) atoms. The summed E-state index contributed by atoms with van der Waals surface area (Å²) >= 11 is 0. The summed E-state index contributed by atoms with van der Waals surface area (Å²) in [6.45, 7) is 27.3. The number of rotatable bonds is 2. The van der Waals surface area contributed by atoms with Gasteiger partial charge in [0.1, 0.15) is 11.6 Å². The average Bonchev–Trinajstić information content (AvgIpc) is 3.91. The van der Waals surface area contributed by atoms with Crippen LogP contribution in [0, 0.1) is 11.6 Å². The van der Waals surface area contributed by atoms with Crippen LogP contribution >= 0.6 is 0 Å². The van der Waals surface area contributed by atoms with Gasteiger partial charge < -0.3 is 8.80 Å². The van der Waals surface area contributed by atoms with E-state index in [1.807, 2.05) is 12.1 Å². The zero-order chi connectivity index (χ0) is 43.7. The van der Waals surface area contributed by atoms with Gasteiger partial charge in [-0.3, -0.25) is 0 Å². The lowest BCUT2D eigenvalue weighted by Gasteiger charge is -2.26. The summed E-state index contributed by atoms with van der Waals surface area (Å²) in [4.78, 5) is 0.